The summed E-state index contributed by atoms with van der Waals surface area (Å²) in [5.74, 6) is -6.12. The number of amides is 2. The first kappa shape index (κ1) is 27.6. The number of halogens is 8. The number of alkyl halides is 8. The number of carbonyl (C=O) groups excluding carboxylic acids is 2. The van der Waals surface area contributed by atoms with Crippen molar-refractivity contribution in [3.8, 4) is 11.1 Å². The summed E-state index contributed by atoms with van der Waals surface area (Å²) in [5, 5.41) is 3.96. The van der Waals surface area contributed by atoms with Crippen molar-refractivity contribution >= 4 is 17.6 Å². The van der Waals surface area contributed by atoms with Gasteiger partial charge in [0.1, 0.15) is 5.82 Å². The molecule has 3 rings (SSSR count). The van der Waals surface area contributed by atoms with Gasteiger partial charge in [0.2, 0.25) is 5.91 Å². The molecule has 0 aliphatic heterocycles. The molecule has 2 N–H and O–H groups in total. The van der Waals surface area contributed by atoms with Crippen LogP contribution in [0, 0.1) is 0 Å². The van der Waals surface area contributed by atoms with Gasteiger partial charge in [-0.25, -0.2) is 4.98 Å². The smallest absolute Gasteiger partial charge is 0.346 e. The molecule has 2 aromatic carbocycles. The number of hydrogen-bond acceptors (Lipinski definition) is 3. The van der Waals surface area contributed by atoms with Crippen molar-refractivity contribution in [1.82, 2.24) is 10.3 Å². The molecule has 0 radical (unpaired) electrons. The van der Waals surface area contributed by atoms with Crippen LogP contribution < -0.4 is 10.6 Å². The van der Waals surface area contributed by atoms with E-state index in [-0.39, 0.29) is 16.9 Å². The van der Waals surface area contributed by atoms with Crippen LogP contribution in [-0.2, 0) is 23.1 Å². The topological polar surface area (TPSA) is 71.1 Å². The summed E-state index contributed by atoms with van der Waals surface area (Å²) >= 11 is 0. The van der Waals surface area contributed by atoms with E-state index in [1.165, 1.54) is 19.1 Å². The number of anilines is 1. The van der Waals surface area contributed by atoms with Gasteiger partial charge in [0.15, 0.2) is 0 Å². The van der Waals surface area contributed by atoms with Crippen LogP contribution in [0.1, 0.15) is 34.0 Å². The molecular formula is C24H17F8N3O2. The summed E-state index contributed by atoms with van der Waals surface area (Å²) in [6, 6.07) is 8.02. The molecule has 0 atom stereocenters. The van der Waals surface area contributed by atoms with Gasteiger partial charge in [0, 0.05) is 24.2 Å². The number of nitrogens with one attached hydrogen (secondary N) is 2. The van der Waals surface area contributed by atoms with Crippen molar-refractivity contribution in [1.29, 1.82) is 0 Å². The predicted molar refractivity (Wildman–Crippen MR) is 117 cm³/mol. The maximum absolute atomic E-state index is 14.9. The highest BCUT2D eigenvalue weighted by Crippen LogP contribution is 2.41. The number of hydrogen-bond donors (Lipinski definition) is 2. The van der Waals surface area contributed by atoms with E-state index < -0.39 is 58.9 Å². The Morgan fingerprint density at radius 2 is 1.41 bits per heavy atom. The minimum absolute atomic E-state index is 0.114. The Balaban J connectivity index is 1.89. The van der Waals surface area contributed by atoms with Gasteiger partial charge < -0.3 is 10.6 Å². The Kier molecular flexibility index (Phi) is 7.56. The number of benzene rings is 2. The maximum atomic E-state index is 14.9. The predicted octanol–water partition coefficient (Wildman–Crippen LogP) is 6.27. The fourth-order valence-electron chi connectivity index (χ4n) is 3.41. The molecular weight excluding hydrogens is 514 g/mol. The van der Waals surface area contributed by atoms with E-state index in [9.17, 15) is 44.7 Å². The maximum Gasteiger partial charge on any atom is 0.417 e. The van der Waals surface area contributed by atoms with Gasteiger partial charge >= 0.3 is 12.4 Å². The quantitative estimate of drug-likeness (QED) is 0.369. The van der Waals surface area contributed by atoms with Gasteiger partial charge in [-0.3, -0.25) is 9.59 Å². The zero-order valence-electron chi connectivity index (χ0n) is 18.8. The number of aromatic nitrogens is 1. The van der Waals surface area contributed by atoms with E-state index in [0.717, 1.165) is 30.5 Å². The van der Waals surface area contributed by atoms with E-state index in [0.29, 0.717) is 18.2 Å². The zero-order valence-corrected chi connectivity index (χ0v) is 18.8. The van der Waals surface area contributed by atoms with Gasteiger partial charge in [0.05, 0.1) is 23.2 Å². The Labute approximate surface area is 204 Å². The van der Waals surface area contributed by atoms with Gasteiger partial charge in [-0.1, -0.05) is 24.3 Å². The van der Waals surface area contributed by atoms with Crippen LogP contribution >= 0.6 is 0 Å². The molecule has 0 bridgehead atoms. The van der Waals surface area contributed by atoms with Crippen molar-refractivity contribution in [3.05, 3.63) is 83.0 Å². The van der Waals surface area contributed by atoms with Crippen LogP contribution in [0.4, 0.5) is 40.9 Å². The summed E-state index contributed by atoms with van der Waals surface area (Å²) in [6.45, 7) is -0.463. The lowest BCUT2D eigenvalue weighted by molar-refractivity contribution is -0.142. The SMILES string of the molecule is CC(=O)Nc1ccc(-c2ccc(C(F)(F)CNC(=O)c3ccccc3C(F)(F)F)c(C(F)(F)F)c2)cn1. The van der Waals surface area contributed by atoms with E-state index in [1.807, 2.05) is 0 Å². The van der Waals surface area contributed by atoms with E-state index in [4.69, 9.17) is 0 Å². The van der Waals surface area contributed by atoms with Crippen LogP contribution in [0.15, 0.2) is 60.8 Å². The molecule has 13 heteroatoms. The Morgan fingerprint density at radius 3 is 1.97 bits per heavy atom. The largest absolute Gasteiger partial charge is 0.417 e. The van der Waals surface area contributed by atoms with Crippen LogP contribution in [-0.4, -0.2) is 23.3 Å². The molecule has 37 heavy (non-hydrogen) atoms. The summed E-state index contributed by atoms with van der Waals surface area (Å²) in [6.07, 6.45) is -9.05. The van der Waals surface area contributed by atoms with Crippen molar-refractivity contribution in [2.45, 2.75) is 25.2 Å². The number of carbonyl (C=O) groups is 2. The van der Waals surface area contributed by atoms with Gasteiger partial charge in [0.25, 0.3) is 11.8 Å². The molecule has 1 heterocycles. The first-order valence-corrected chi connectivity index (χ1v) is 10.4. The lowest BCUT2D eigenvalue weighted by atomic mass is 9.95. The molecule has 0 aliphatic rings. The monoisotopic (exact) mass is 531 g/mol. The number of nitrogens with zero attached hydrogens (tertiary/aromatic N) is 1. The second kappa shape index (κ2) is 10.1. The Morgan fingerprint density at radius 1 is 0.784 bits per heavy atom. The summed E-state index contributed by atoms with van der Waals surface area (Å²) in [4.78, 5) is 27.1. The van der Waals surface area contributed by atoms with E-state index >= 15 is 0 Å². The summed E-state index contributed by atoms with van der Waals surface area (Å²) in [7, 11) is 0. The minimum Gasteiger partial charge on any atom is -0.346 e. The molecule has 0 saturated carbocycles. The second-order valence-electron chi connectivity index (χ2n) is 7.80. The lowest BCUT2D eigenvalue weighted by Gasteiger charge is -2.23. The van der Waals surface area contributed by atoms with Gasteiger partial charge in [-0.05, 0) is 35.9 Å². The number of pyridine rings is 1. The van der Waals surface area contributed by atoms with Crippen molar-refractivity contribution < 1.29 is 44.7 Å². The molecule has 0 spiro atoms. The highest BCUT2D eigenvalue weighted by atomic mass is 19.4. The molecule has 196 valence electrons. The molecule has 1 aromatic heterocycles. The summed E-state index contributed by atoms with van der Waals surface area (Å²) in [5.41, 5.74) is -5.49. The molecule has 3 aromatic rings. The normalized spacial score (nSPS) is 12.2. The lowest BCUT2D eigenvalue weighted by Crippen LogP contribution is -2.37. The average molecular weight is 531 g/mol. The third-order valence-corrected chi connectivity index (χ3v) is 5.07. The minimum atomic E-state index is -5.23. The summed E-state index contributed by atoms with van der Waals surface area (Å²) < 4.78 is 110. The third-order valence-electron chi connectivity index (χ3n) is 5.07. The van der Waals surface area contributed by atoms with Crippen LogP contribution in [0.2, 0.25) is 0 Å². The highest BCUT2D eigenvalue weighted by molar-refractivity contribution is 5.96. The van der Waals surface area contributed by atoms with Crippen molar-refractivity contribution in [3.63, 3.8) is 0 Å². The van der Waals surface area contributed by atoms with Gasteiger partial charge in [-0.2, -0.15) is 35.1 Å². The fraction of sp³-hybridized carbons (Fsp3) is 0.208. The average Bonchev–Trinajstić information content (AvgIpc) is 2.81. The molecule has 0 saturated heterocycles. The highest BCUT2D eigenvalue weighted by Gasteiger charge is 2.43. The molecule has 0 fully saturated rings. The van der Waals surface area contributed by atoms with Crippen molar-refractivity contribution in [2.75, 3.05) is 11.9 Å². The molecule has 0 aliphatic carbocycles. The zero-order chi connectivity index (χ0) is 27.6. The third kappa shape index (κ3) is 6.60. The van der Waals surface area contributed by atoms with E-state index in [2.05, 4.69) is 10.3 Å². The fourth-order valence-corrected chi connectivity index (χ4v) is 3.41. The van der Waals surface area contributed by atoms with Crippen molar-refractivity contribution in [2.24, 2.45) is 0 Å². The van der Waals surface area contributed by atoms with E-state index in [1.54, 1.807) is 5.32 Å². The van der Waals surface area contributed by atoms with Crippen LogP contribution in [0.5, 0.6) is 0 Å². The number of rotatable bonds is 6. The van der Waals surface area contributed by atoms with Gasteiger partial charge in [-0.15, -0.1) is 0 Å². The Hall–Kier alpha value is -4.03. The standard InChI is InChI=1S/C24H17F8N3O2/c1-13(36)35-20-9-7-15(11-33-20)14-6-8-18(19(10-14)24(30,31)32)22(25,26)12-34-21(37)16-4-2-3-5-17(16)23(27,28)29/h2-11H,12H2,1H3,(H,34,37)(H,33,35,36). The molecule has 5 nitrogen and oxygen atoms in total. The first-order valence-electron chi connectivity index (χ1n) is 10.4. The van der Waals surface area contributed by atoms with Crippen LogP contribution in [0.25, 0.3) is 11.1 Å². The van der Waals surface area contributed by atoms with Crippen LogP contribution in [0.3, 0.4) is 0 Å². The Bertz CT molecular complexity index is 1300. The molecule has 2 amide bonds. The molecule has 0 unspecified atom stereocenters. The first-order chi connectivity index (χ1) is 17.1. The second-order valence-corrected chi connectivity index (χ2v) is 7.80.